The van der Waals surface area contributed by atoms with Crippen molar-refractivity contribution in [3.05, 3.63) is 70.8 Å². The first-order valence-corrected chi connectivity index (χ1v) is 9.26. The standard InChI is InChI=1S/C21H21F6NO/c22-20(23,24)17-8-14(9-18(10-17)21(25,26)27)12-29-13-16-11-28-7-6-19(16)15-4-2-1-3-5-15/h1-5,8-10,16,19,28H,6-7,11-13H2/t16-,19-/m0/s1. The van der Waals surface area contributed by atoms with Gasteiger partial charge in [0.05, 0.1) is 24.3 Å². The Balaban J connectivity index is 1.70. The zero-order valence-corrected chi connectivity index (χ0v) is 15.5. The lowest BCUT2D eigenvalue weighted by molar-refractivity contribution is -0.143. The van der Waals surface area contributed by atoms with Crippen LogP contribution in [0.1, 0.15) is 34.6 Å². The molecule has 2 aromatic carbocycles. The fraction of sp³-hybridized carbons (Fsp3) is 0.429. The minimum Gasteiger partial charge on any atom is -0.376 e. The Bertz CT molecular complexity index is 771. The zero-order valence-electron chi connectivity index (χ0n) is 15.5. The molecular formula is C21H21F6NO. The highest BCUT2D eigenvalue weighted by molar-refractivity contribution is 5.33. The Morgan fingerprint density at radius 2 is 1.52 bits per heavy atom. The van der Waals surface area contributed by atoms with Crippen molar-refractivity contribution in [3.63, 3.8) is 0 Å². The molecule has 0 aromatic heterocycles. The summed E-state index contributed by atoms with van der Waals surface area (Å²) in [4.78, 5) is 0. The molecule has 2 atom stereocenters. The second kappa shape index (κ2) is 8.75. The molecule has 2 nitrogen and oxygen atoms in total. The first-order chi connectivity index (χ1) is 13.6. The first kappa shape index (κ1) is 21.6. The van der Waals surface area contributed by atoms with Gasteiger partial charge in [-0.2, -0.15) is 26.3 Å². The lowest BCUT2D eigenvalue weighted by Crippen LogP contribution is -2.37. The first-order valence-electron chi connectivity index (χ1n) is 9.26. The van der Waals surface area contributed by atoms with Crippen LogP contribution in [-0.4, -0.2) is 19.7 Å². The summed E-state index contributed by atoms with van der Waals surface area (Å²) >= 11 is 0. The molecule has 3 rings (SSSR count). The number of nitrogens with one attached hydrogen (secondary N) is 1. The maximum Gasteiger partial charge on any atom is 0.416 e. The van der Waals surface area contributed by atoms with E-state index in [1.165, 1.54) is 0 Å². The van der Waals surface area contributed by atoms with Crippen molar-refractivity contribution in [2.45, 2.75) is 31.3 Å². The van der Waals surface area contributed by atoms with E-state index in [0.717, 1.165) is 18.5 Å². The molecule has 0 radical (unpaired) electrons. The SMILES string of the molecule is FC(F)(F)c1cc(COC[C@@H]2CNCC[C@H]2c2ccccc2)cc(C(F)(F)F)c1. The smallest absolute Gasteiger partial charge is 0.376 e. The van der Waals surface area contributed by atoms with E-state index in [1.54, 1.807) is 0 Å². The van der Waals surface area contributed by atoms with Gasteiger partial charge in [0, 0.05) is 12.5 Å². The highest BCUT2D eigenvalue weighted by atomic mass is 19.4. The molecule has 29 heavy (non-hydrogen) atoms. The Labute approximate surface area is 164 Å². The van der Waals surface area contributed by atoms with Gasteiger partial charge in [0.25, 0.3) is 0 Å². The average Bonchev–Trinajstić information content (AvgIpc) is 2.67. The fourth-order valence-corrected chi connectivity index (χ4v) is 3.67. The van der Waals surface area contributed by atoms with Crippen LogP contribution >= 0.6 is 0 Å². The van der Waals surface area contributed by atoms with Gasteiger partial charge >= 0.3 is 12.4 Å². The number of alkyl halides is 6. The van der Waals surface area contributed by atoms with E-state index in [4.69, 9.17) is 4.74 Å². The Kier molecular flexibility index (Phi) is 6.53. The van der Waals surface area contributed by atoms with Gasteiger partial charge in [-0.05, 0) is 48.2 Å². The van der Waals surface area contributed by atoms with E-state index in [0.29, 0.717) is 18.7 Å². The highest BCUT2D eigenvalue weighted by Gasteiger charge is 2.37. The number of halogens is 6. The Hall–Kier alpha value is -2.06. The molecule has 1 aliphatic heterocycles. The van der Waals surface area contributed by atoms with Gasteiger partial charge in [-0.25, -0.2) is 0 Å². The number of benzene rings is 2. The molecule has 0 amide bonds. The quantitative estimate of drug-likeness (QED) is 0.637. The average molecular weight is 417 g/mol. The predicted octanol–water partition coefficient (Wildman–Crippen LogP) is 5.63. The molecule has 1 heterocycles. The van der Waals surface area contributed by atoms with Crippen LogP contribution in [0, 0.1) is 5.92 Å². The lowest BCUT2D eigenvalue weighted by atomic mass is 9.81. The van der Waals surface area contributed by atoms with Crippen LogP contribution in [0.4, 0.5) is 26.3 Å². The van der Waals surface area contributed by atoms with Crippen LogP contribution < -0.4 is 5.32 Å². The third kappa shape index (κ3) is 5.73. The van der Waals surface area contributed by atoms with Crippen molar-refractivity contribution in [2.24, 2.45) is 5.92 Å². The summed E-state index contributed by atoms with van der Waals surface area (Å²) < 4.78 is 83.4. The number of hydrogen-bond acceptors (Lipinski definition) is 2. The van der Waals surface area contributed by atoms with Crippen LogP contribution in [0.5, 0.6) is 0 Å². The molecule has 8 heteroatoms. The summed E-state index contributed by atoms with van der Waals surface area (Å²) in [6.07, 6.45) is -8.83. The second-order valence-corrected chi connectivity index (χ2v) is 7.20. The van der Waals surface area contributed by atoms with E-state index in [-0.39, 0.29) is 36.7 Å². The van der Waals surface area contributed by atoms with E-state index < -0.39 is 23.5 Å². The van der Waals surface area contributed by atoms with Crippen LogP contribution in [0.2, 0.25) is 0 Å². The summed E-state index contributed by atoms with van der Waals surface area (Å²) in [5.41, 5.74) is -1.65. The van der Waals surface area contributed by atoms with Gasteiger partial charge in [-0.15, -0.1) is 0 Å². The number of ether oxygens (including phenoxy) is 1. The van der Waals surface area contributed by atoms with E-state index in [2.05, 4.69) is 5.32 Å². The second-order valence-electron chi connectivity index (χ2n) is 7.20. The summed E-state index contributed by atoms with van der Waals surface area (Å²) in [6.45, 7) is 1.45. The van der Waals surface area contributed by atoms with Crippen LogP contribution in [0.25, 0.3) is 0 Å². The molecule has 0 bridgehead atoms. The third-order valence-corrected chi connectivity index (χ3v) is 5.08. The largest absolute Gasteiger partial charge is 0.416 e. The monoisotopic (exact) mass is 417 g/mol. The number of hydrogen-bond donors (Lipinski definition) is 1. The third-order valence-electron chi connectivity index (χ3n) is 5.08. The molecule has 1 fully saturated rings. The van der Waals surface area contributed by atoms with E-state index in [1.807, 2.05) is 30.3 Å². The molecular weight excluding hydrogens is 396 g/mol. The van der Waals surface area contributed by atoms with Crippen LogP contribution in [0.3, 0.4) is 0 Å². The van der Waals surface area contributed by atoms with E-state index >= 15 is 0 Å². The Morgan fingerprint density at radius 1 is 0.897 bits per heavy atom. The predicted molar refractivity (Wildman–Crippen MR) is 96.3 cm³/mol. The van der Waals surface area contributed by atoms with Gasteiger partial charge in [0.2, 0.25) is 0 Å². The van der Waals surface area contributed by atoms with Crippen molar-refractivity contribution >= 4 is 0 Å². The van der Waals surface area contributed by atoms with Gasteiger partial charge in [-0.1, -0.05) is 30.3 Å². The van der Waals surface area contributed by atoms with Crippen molar-refractivity contribution < 1.29 is 31.1 Å². The maximum atomic E-state index is 13.0. The van der Waals surface area contributed by atoms with Crippen LogP contribution in [-0.2, 0) is 23.7 Å². The minimum atomic E-state index is -4.86. The molecule has 1 aliphatic rings. The van der Waals surface area contributed by atoms with E-state index in [9.17, 15) is 26.3 Å². The molecule has 0 aliphatic carbocycles. The van der Waals surface area contributed by atoms with Gasteiger partial charge in [0.15, 0.2) is 0 Å². The minimum absolute atomic E-state index is 0.0824. The molecule has 2 aromatic rings. The van der Waals surface area contributed by atoms with Gasteiger partial charge in [0.1, 0.15) is 0 Å². The number of piperidine rings is 1. The fourth-order valence-electron chi connectivity index (χ4n) is 3.67. The van der Waals surface area contributed by atoms with Crippen molar-refractivity contribution in [1.82, 2.24) is 5.32 Å². The van der Waals surface area contributed by atoms with Crippen molar-refractivity contribution in [3.8, 4) is 0 Å². The van der Waals surface area contributed by atoms with Gasteiger partial charge in [-0.3, -0.25) is 0 Å². The van der Waals surface area contributed by atoms with Gasteiger partial charge < -0.3 is 10.1 Å². The normalized spacial score (nSPS) is 20.6. The summed E-state index contributed by atoms with van der Waals surface area (Å²) in [5, 5.41) is 3.26. The summed E-state index contributed by atoms with van der Waals surface area (Å²) in [6, 6.07) is 11.4. The van der Waals surface area contributed by atoms with Crippen molar-refractivity contribution in [2.75, 3.05) is 19.7 Å². The zero-order chi connectivity index (χ0) is 21.1. The lowest BCUT2D eigenvalue weighted by Gasteiger charge is -2.32. The highest BCUT2D eigenvalue weighted by Crippen LogP contribution is 2.36. The molecule has 0 unspecified atom stereocenters. The molecule has 0 saturated carbocycles. The molecule has 1 saturated heterocycles. The summed E-state index contributed by atoms with van der Waals surface area (Å²) in [5.74, 6) is 0.309. The van der Waals surface area contributed by atoms with Crippen LogP contribution in [0.15, 0.2) is 48.5 Å². The Morgan fingerprint density at radius 3 is 2.10 bits per heavy atom. The molecule has 158 valence electrons. The van der Waals surface area contributed by atoms with Crippen molar-refractivity contribution in [1.29, 1.82) is 0 Å². The maximum absolute atomic E-state index is 13.0. The number of rotatable bonds is 5. The topological polar surface area (TPSA) is 21.3 Å². The molecule has 1 N–H and O–H groups in total. The summed E-state index contributed by atoms with van der Waals surface area (Å²) in [7, 11) is 0. The molecule has 0 spiro atoms.